The first-order valence-corrected chi connectivity index (χ1v) is 9.52. The molecular weight excluding hydrogens is 360 g/mol. The van der Waals surface area contributed by atoms with Gasteiger partial charge in [0.1, 0.15) is 5.75 Å². The molecule has 1 saturated heterocycles. The number of likely N-dealkylation sites (tertiary alicyclic amines) is 1. The minimum atomic E-state index is -2.92. The van der Waals surface area contributed by atoms with E-state index in [1.54, 1.807) is 6.20 Å². The second kappa shape index (κ2) is 8.61. The van der Waals surface area contributed by atoms with E-state index in [4.69, 9.17) is 5.73 Å². The van der Waals surface area contributed by atoms with Crippen molar-refractivity contribution in [1.82, 2.24) is 4.90 Å². The lowest BCUT2D eigenvalue weighted by atomic mass is 9.85. The Morgan fingerprint density at radius 3 is 2.54 bits per heavy atom. The number of nitrogens with zero attached hydrogens (tertiary/aromatic N) is 1. The number of piperidine rings is 1. The number of hydrogen-bond acceptors (Lipinski definition) is 4. The third kappa shape index (κ3) is 5.23. The fourth-order valence-electron chi connectivity index (χ4n) is 3.70. The summed E-state index contributed by atoms with van der Waals surface area (Å²) in [6.45, 7) is 3.08. The molecule has 6 heteroatoms. The number of phenols is 1. The van der Waals surface area contributed by atoms with Gasteiger partial charge in [-0.3, -0.25) is 4.90 Å². The van der Waals surface area contributed by atoms with Gasteiger partial charge in [0.2, 0.25) is 0 Å². The Morgan fingerprint density at radius 2 is 1.89 bits per heavy atom. The molecule has 0 amide bonds. The van der Waals surface area contributed by atoms with Crippen LogP contribution < -0.4 is 11.1 Å². The van der Waals surface area contributed by atoms with Crippen molar-refractivity contribution < 1.29 is 13.9 Å². The molecule has 0 spiro atoms. The molecule has 1 fully saturated rings. The summed E-state index contributed by atoms with van der Waals surface area (Å²) in [6.07, 6.45) is 3.31. The SMILES string of the molecule is CC(F)(F)c1ccc(O)cc1C1CCN(C/C(N)=C/Nc2ccccc2)CC1. The summed E-state index contributed by atoms with van der Waals surface area (Å²) in [4.78, 5) is 2.22. The standard InChI is InChI=1S/C22H27F2N3O/c1-22(23,24)21-8-7-19(28)13-20(21)16-9-11-27(12-10-16)15-17(25)14-26-18-5-3-2-4-6-18/h2-8,13-14,16,26,28H,9-12,15,25H2,1H3/b17-14-. The molecule has 28 heavy (non-hydrogen) atoms. The van der Waals surface area contributed by atoms with E-state index in [1.807, 2.05) is 30.3 Å². The molecule has 0 atom stereocenters. The molecule has 1 aliphatic heterocycles. The van der Waals surface area contributed by atoms with E-state index in [-0.39, 0.29) is 17.2 Å². The fraction of sp³-hybridized carbons (Fsp3) is 0.364. The van der Waals surface area contributed by atoms with Crippen LogP contribution in [0.4, 0.5) is 14.5 Å². The summed E-state index contributed by atoms with van der Waals surface area (Å²) >= 11 is 0. The van der Waals surface area contributed by atoms with Crippen molar-refractivity contribution in [3.05, 3.63) is 71.6 Å². The summed E-state index contributed by atoms with van der Waals surface area (Å²) in [5, 5.41) is 12.9. The second-order valence-corrected chi connectivity index (χ2v) is 7.44. The molecular formula is C22H27F2N3O. The number of benzene rings is 2. The lowest BCUT2D eigenvalue weighted by Crippen LogP contribution is -2.36. The van der Waals surface area contributed by atoms with E-state index in [0.29, 0.717) is 12.1 Å². The molecule has 1 heterocycles. The van der Waals surface area contributed by atoms with Gasteiger partial charge in [0, 0.05) is 36.6 Å². The zero-order valence-corrected chi connectivity index (χ0v) is 16.0. The first kappa shape index (κ1) is 20.1. The van der Waals surface area contributed by atoms with E-state index < -0.39 is 5.92 Å². The third-order valence-corrected chi connectivity index (χ3v) is 5.14. The highest BCUT2D eigenvalue weighted by Crippen LogP contribution is 2.39. The monoisotopic (exact) mass is 387 g/mol. The molecule has 2 aromatic carbocycles. The van der Waals surface area contributed by atoms with Gasteiger partial charge >= 0.3 is 0 Å². The maximum Gasteiger partial charge on any atom is 0.270 e. The van der Waals surface area contributed by atoms with Crippen LogP contribution in [0.2, 0.25) is 0 Å². The first-order chi connectivity index (χ1) is 13.3. The Labute approximate surface area is 164 Å². The highest BCUT2D eigenvalue weighted by molar-refractivity contribution is 5.45. The van der Waals surface area contributed by atoms with Gasteiger partial charge < -0.3 is 16.2 Å². The van der Waals surface area contributed by atoms with Crippen LogP contribution >= 0.6 is 0 Å². The van der Waals surface area contributed by atoms with Crippen LogP contribution in [0, 0.1) is 0 Å². The number of anilines is 1. The number of aromatic hydroxyl groups is 1. The number of phenolic OH excluding ortho intramolecular Hbond substituents is 1. The van der Waals surface area contributed by atoms with Gasteiger partial charge in [0.05, 0.1) is 0 Å². The average molecular weight is 387 g/mol. The second-order valence-electron chi connectivity index (χ2n) is 7.44. The van der Waals surface area contributed by atoms with Crippen LogP contribution in [0.3, 0.4) is 0 Å². The quantitative estimate of drug-likeness (QED) is 0.678. The predicted molar refractivity (Wildman–Crippen MR) is 108 cm³/mol. The Kier molecular flexibility index (Phi) is 6.19. The predicted octanol–water partition coefficient (Wildman–Crippen LogP) is 4.60. The molecule has 3 rings (SSSR count). The number of hydrogen-bond donors (Lipinski definition) is 3. The van der Waals surface area contributed by atoms with Crippen LogP contribution in [0.15, 0.2) is 60.4 Å². The van der Waals surface area contributed by atoms with Crippen molar-refractivity contribution in [3.63, 3.8) is 0 Å². The largest absolute Gasteiger partial charge is 0.508 e. The number of nitrogens with one attached hydrogen (secondary N) is 1. The van der Waals surface area contributed by atoms with Gasteiger partial charge in [-0.05, 0) is 67.7 Å². The van der Waals surface area contributed by atoms with E-state index in [1.165, 1.54) is 18.2 Å². The van der Waals surface area contributed by atoms with E-state index in [2.05, 4.69) is 10.2 Å². The van der Waals surface area contributed by atoms with Crippen molar-refractivity contribution in [2.24, 2.45) is 5.73 Å². The molecule has 0 bridgehead atoms. The Bertz CT molecular complexity index is 810. The first-order valence-electron chi connectivity index (χ1n) is 9.52. The van der Waals surface area contributed by atoms with Crippen molar-refractivity contribution in [2.75, 3.05) is 25.0 Å². The number of rotatable bonds is 6. The smallest absolute Gasteiger partial charge is 0.270 e. The Morgan fingerprint density at radius 1 is 1.21 bits per heavy atom. The number of para-hydroxylation sites is 1. The minimum Gasteiger partial charge on any atom is -0.508 e. The van der Waals surface area contributed by atoms with Crippen LogP contribution in [0.25, 0.3) is 0 Å². The molecule has 0 aliphatic carbocycles. The van der Waals surface area contributed by atoms with E-state index in [0.717, 1.165) is 44.2 Å². The summed E-state index contributed by atoms with van der Waals surface area (Å²) in [7, 11) is 0. The molecule has 0 saturated carbocycles. The molecule has 2 aromatic rings. The van der Waals surface area contributed by atoms with Crippen LogP contribution in [0.5, 0.6) is 5.75 Å². The zero-order chi connectivity index (χ0) is 20.1. The summed E-state index contributed by atoms with van der Waals surface area (Å²) < 4.78 is 27.9. The number of nitrogens with two attached hydrogens (primary N) is 1. The molecule has 1 aliphatic rings. The molecule has 4 N–H and O–H groups in total. The Hall–Kier alpha value is -2.60. The maximum absolute atomic E-state index is 14.0. The zero-order valence-electron chi connectivity index (χ0n) is 16.0. The molecule has 0 radical (unpaired) electrons. The van der Waals surface area contributed by atoms with Gasteiger partial charge in [-0.1, -0.05) is 18.2 Å². The average Bonchev–Trinajstić information content (AvgIpc) is 2.67. The van der Waals surface area contributed by atoms with Gasteiger partial charge in [-0.25, -0.2) is 8.78 Å². The van der Waals surface area contributed by atoms with Crippen molar-refractivity contribution in [3.8, 4) is 5.75 Å². The number of alkyl halides is 2. The van der Waals surface area contributed by atoms with E-state index >= 15 is 0 Å². The Balaban J connectivity index is 1.58. The topological polar surface area (TPSA) is 61.5 Å². The summed E-state index contributed by atoms with van der Waals surface area (Å²) in [5.74, 6) is -2.88. The highest BCUT2D eigenvalue weighted by Gasteiger charge is 2.32. The highest BCUT2D eigenvalue weighted by atomic mass is 19.3. The van der Waals surface area contributed by atoms with Gasteiger partial charge in [0.15, 0.2) is 0 Å². The lowest BCUT2D eigenvalue weighted by Gasteiger charge is -2.33. The normalized spacial score (nSPS) is 16.9. The van der Waals surface area contributed by atoms with E-state index in [9.17, 15) is 13.9 Å². The minimum absolute atomic E-state index is 0.00946. The van der Waals surface area contributed by atoms with Crippen molar-refractivity contribution in [2.45, 2.75) is 31.6 Å². The van der Waals surface area contributed by atoms with Crippen LogP contribution in [-0.2, 0) is 5.92 Å². The number of halogens is 2. The van der Waals surface area contributed by atoms with Crippen LogP contribution in [0.1, 0.15) is 36.8 Å². The van der Waals surface area contributed by atoms with Crippen molar-refractivity contribution >= 4 is 5.69 Å². The summed E-state index contributed by atoms with van der Waals surface area (Å²) in [6, 6.07) is 13.9. The molecule has 0 aromatic heterocycles. The van der Waals surface area contributed by atoms with Gasteiger partial charge in [-0.2, -0.15) is 0 Å². The molecule has 150 valence electrons. The van der Waals surface area contributed by atoms with Crippen molar-refractivity contribution in [1.29, 1.82) is 0 Å². The fourth-order valence-corrected chi connectivity index (χ4v) is 3.70. The molecule has 0 unspecified atom stereocenters. The summed E-state index contributed by atoms with van der Waals surface area (Å²) in [5.41, 5.74) is 8.39. The molecule has 4 nitrogen and oxygen atoms in total. The lowest BCUT2D eigenvalue weighted by molar-refractivity contribution is 0.0158. The third-order valence-electron chi connectivity index (χ3n) is 5.14. The van der Waals surface area contributed by atoms with Gasteiger partial charge in [-0.15, -0.1) is 0 Å². The van der Waals surface area contributed by atoms with Gasteiger partial charge in [0.25, 0.3) is 5.92 Å². The maximum atomic E-state index is 14.0. The van der Waals surface area contributed by atoms with Crippen LogP contribution in [-0.4, -0.2) is 29.6 Å².